The van der Waals surface area contributed by atoms with Crippen LogP contribution in [0.15, 0.2) is 42.5 Å². The number of nitro groups is 1. The van der Waals surface area contributed by atoms with Crippen LogP contribution in [0.25, 0.3) is 0 Å². The molecule has 0 heterocycles. The quantitative estimate of drug-likeness (QED) is 0.579. The Morgan fingerprint density at radius 1 is 1.26 bits per heavy atom. The van der Waals surface area contributed by atoms with Gasteiger partial charge in [-0.2, -0.15) is 0 Å². The lowest BCUT2D eigenvalue weighted by atomic mass is 10.2. The van der Waals surface area contributed by atoms with E-state index in [4.69, 9.17) is 11.6 Å². The minimum atomic E-state index is -3.77. The number of aryl methyl sites for hydroxylation is 1. The van der Waals surface area contributed by atoms with Crippen LogP contribution in [-0.2, 0) is 14.8 Å². The largest absolute Gasteiger partial charge is 0.323 e. The van der Waals surface area contributed by atoms with Crippen molar-refractivity contribution in [1.29, 1.82) is 0 Å². The van der Waals surface area contributed by atoms with E-state index in [1.807, 2.05) is 0 Å². The molecule has 0 radical (unpaired) electrons. The molecule has 27 heavy (non-hydrogen) atoms. The standard InChI is InChI=1S/C17H18ClN3O5S/c1-11-5-4-6-13(9-11)20(27(3,25)26)12(2)17(22)19-16-10-14(21(23)24)7-8-15(16)18/h4-10,12H,1-3H3,(H,19,22)/t12-/m1/s1. The van der Waals surface area contributed by atoms with Crippen molar-refractivity contribution in [2.45, 2.75) is 19.9 Å². The lowest BCUT2D eigenvalue weighted by Gasteiger charge is -2.28. The molecule has 0 saturated carbocycles. The molecule has 0 aliphatic heterocycles. The van der Waals surface area contributed by atoms with Gasteiger partial charge in [-0.05, 0) is 37.6 Å². The highest BCUT2D eigenvalue weighted by Gasteiger charge is 2.29. The third-order valence-electron chi connectivity index (χ3n) is 3.76. The number of nitrogens with one attached hydrogen (secondary N) is 1. The fraction of sp³-hybridized carbons (Fsp3) is 0.235. The predicted molar refractivity (Wildman–Crippen MR) is 105 cm³/mol. The number of hydrogen-bond donors (Lipinski definition) is 1. The number of sulfonamides is 1. The molecule has 1 N–H and O–H groups in total. The first-order chi connectivity index (χ1) is 12.5. The first-order valence-corrected chi connectivity index (χ1v) is 10.0. The van der Waals surface area contributed by atoms with E-state index < -0.39 is 26.9 Å². The Bertz CT molecular complexity index is 994. The zero-order valence-electron chi connectivity index (χ0n) is 14.8. The molecule has 144 valence electrons. The number of nitrogens with zero attached hydrogens (tertiary/aromatic N) is 2. The van der Waals surface area contributed by atoms with Crippen LogP contribution < -0.4 is 9.62 Å². The van der Waals surface area contributed by atoms with Crippen LogP contribution in [0.4, 0.5) is 17.1 Å². The second-order valence-corrected chi connectivity index (χ2v) is 8.25. The van der Waals surface area contributed by atoms with Gasteiger partial charge in [-0.1, -0.05) is 23.7 Å². The smallest absolute Gasteiger partial charge is 0.271 e. The topological polar surface area (TPSA) is 110 Å². The van der Waals surface area contributed by atoms with Crippen LogP contribution in [0, 0.1) is 17.0 Å². The molecule has 1 atom stereocenters. The molecule has 1 amide bonds. The van der Waals surface area contributed by atoms with E-state index in [1.165, 1.54) is 19.1 Å². The summed E-state index contributed by atoms with van der Waals surface area (Å²) in [4.78, 5) is 22.9. The third-order valence-corrected chi connectivity index (χ3v) is 5.33. The maximum absolute atomic E-state index is 12.6. The molecule has 0 fully saturated rings. The van der Waals surface area contributed by atoms with E-state index in [9.17, 15) is 23.3 Å². The van der Waals surface area contributed by atoms with Crippen LogP contribution >= 0.6 is 11.6 Å². The summed E-state index contributed by atoms with van der Waals surface area (Å²) >= 11 is 5.99. The van der Waals surface area contributed by atoms with Gasteiger partial charge in [0.15, 0.2) is 0 Å². The monoisotopic (exact) mass is 411 g/mol. The number of anilines is 2. The molecule has 0 unspecified atom stereocenters. The first-order valence-electron chi connectivity index (χ1n) is 7.81. The van der Waals surface area contributed by atoms with Crippen molar-refractivity contribution in [1.82, 2.24) is 0 Å². The number of benzene rings is 2. The number of carbonyl (C=O) groups excluding carboxylic acids is 1. The maximum atomic E-state index is 12.6. The summed E-state index contributed by atoms with van der Waals surface area (Å²) < 4.78 is 25.6. The van der Waals surface area contributed by atoms with Crippen molar-refractivity contribution in [3.05, 3.63) is 63.2 Å². The molecule has 0 aliphatic rings. The van der Waals surface area contributed by atoms with Crippen molar-refractivity contribution in [3.63, 3.8) is 0 Å². The maximum Gasteiger partial charge on any atom is 0.271 e. The number of nitro benzene ring substituents is 1. The van der Waals surface area contributed by atoms with Gasteiger partial charge in [-0.25, -0.2) is 8.42 Å². The van der Waals surface area contributed by atoms with Crippen LogP contribution in [0.2, 0.25) is 5.02 Å². The summed E-state index contributed by atoms with van der Waals surface area (Å²) in [6.07, 6.45) is 0.999. The fourth-order valence-corrected chi connectivity index (χ4v) is 3.87. The molecule has 0 spiro atoms. The van der Waals surface area contributed by atoms with E-state index in [2.05, 4.69) is 5.32 Å². The van der Waals surface area contributed by atoms with Crippen molar-refractivity contribution < 1.29 is 18.1 Å². The highest BCUT2D eigenvalue weighted by atomic mass is 35.5. The number of amides is 1. The van der Waals surface area contributed by atoms with Gasteiger partial charge in [-0.15, -0.1) is 0 Å². The van der Waals surface area contributed by atoms with E-state index in [0.29, 0.717) is 5.69 Å². The van der Waals surface area contributed by atoms with Gasteiger partial charge < -0.3 is 5.32 Å². The lowest BCUT2D eigenvalue weighted by molar-refractivity contribution is -0.384. The molecular weight excluding hydrogens is 394 g/mol. The molecule has 0 aromatic heterocycles. The predicted octanol–water partition coefficient (Wildman–Crippen LogP) is 3.35. The molecule has 0 bridgehead atoms. The first kappa shape index (κ1) is 20.7. The van der Waals surface area contributed by atoms with Crippen molar-refractivity contribution in [2.24, 2.45) is 0 Å². The molecule has 10 heteroatoms. The Balaban J connectivity index is 2.36. The van der Waals surface area contributed by atoms with Crippen LogP contribution in [-0.4, -0.2) is 31.5 Å². The second-order valence-electron chi connectivity index (χ2n) is 5.98. The highest BCUT2D eigenvalue weighted by molar-refractivity contribution is 7.92. The molecule has 0 saturated heterocycles. The van der Waals surface area contributed by atoms with Gasteiger partial charge in [0.25, 0.3) is 5.69 Å². The van der Waals surface area contributed by atoms with E-state index in [1.54, 1.807) is 31.2 Å². The Hall–Kier alpha value is -2.65. The van der Waals surface area contributed by atoms with E-state index in [-0.39, 0.29) is 16.4 Å². The van der Waals surface area contributed by atoms with Crippen LogP contribution in [0.5, 0.6) is 0 Å². The summed E-state index contributed by atoms with van der Waals surface area (Å²) in [6, 6.07) is 9.21. The highest BCUT2D eigenvalue weighted by Crippen LogP contribution is 2.28. The fourth-order valence-electron chi connectivity index (χ4n) is 2.53. The normalized spacial score (nSPS) is 12.3. The minimum Gasteiger partial charge on any atom is -0.323 e. The van der Waals surface area contributed by atoms with Gasteiger partial charge in [0.1, 0.15) is 6.04 Å². The Morgan fingerprint density at radius 3 is 2.48 bits per heavy atom. The van der Waals surface area contributed by atoms with Gasteiger partial charge in [0.05, 0.1) is 27.6 Å². The van der Waals surface area contributed by atoms with E-state index in [0.717, 1.165) is 22.2 Å². The Kier molecular flexibility index (Phi) is 6.07. The third kappa shape index (κ3) is 4.95. The summed E-state index contributed by atoms with van der Waals surface area (Å²) in [6.45, 7) is 3.22. The molecule has 0 aliphatic carbocycles. The zero-order chi connectivity index (χ0) is 20.4. The lowest BCUT2D eigenvalue weighted by Crippen LogP contribution is -2.45. The van der Waals surface area contributed by atoms with Crippen molar-refractivity contribution in [3.8, 4) is 0 Å². The molecule has 2 aromatic carbocycles. The van der Waals surface area contributed by atoms with Crippen LogP contribution in [0.3, 0.4) is 0 Å². The Morgan fingerprint density at radius 2 is 1.93 bits per heavy atom. The van der Waals surface area contributed by atoms with Crippen molar-refractivity contribution in [2.75, 3.05) is 15.9 Å². The number of hydrogen-bond acceptors (Lipinski definition) is 5. The molecule has 2 aromatic rings. The number of non-ortho nitro benzene ring substituents is 1. The van der Waals surface area contributed by atoms with Gasteiger partial charge in [-0.3, -0.25) is 19.2 Å². The second kappa shape index (κ2) is 7.93. The summed E-state index contributed by atoms with van der Waals surface area (Å²) in [7, 11) is -3.77. The molecule has 2 rings (SSSR count). The SMILES string of the molecule is Cc1cccc(N([C@H](C)C(=O)Nc2cc([N+](=O)[O-])ccc2Cl)S(C)(=O)=O)c1. The molecular formula is C17H18ClN3O5S. The van der Waals surface area contributed by atoms with Gasteiger partial charge in [0.2, 0.25) is 15.9 Å². The van der Waals surface area contributed by atoms with Gasteiger partial charge >= 0.3 is 0 Å². The number of halogens is 1. The average Bonchev–Trinajstić information content (AvgIpc) is 2.55. The van der Waals surface area contributed by atoms with E-state index >= 15 is 0 Å². The number of rotatable bonds is 6. The van der Waals surface area contributed by atoms with Crippen LogP contribution in [0.1, 0.15) is 12.5 Å². The summed E-state index contributed by atoms with van der Waals surface area (Å²) in [5, 5.41) is 13.5. The zero-order valence-corrected chi connectivity index (χ0v) is 16.4. The summed E-state index contributed by atoms with van der Waals surface area (Å²) in [5.74, 6) is -0.677. The minimum absolute atomic E-state index is 0.0282. The van der Waals surface area contributed by atoms with Crippen molar-refractivity contribution >= 4 is 44.6 Å². The summed E-state index contributed by atoms with van der Waals surface area (Å²) in [5.41, 5.74) is 0.946. The molecule has 8 nitrogen and oxygen atoms in total. The van der Waals surface area contributed by atoms with Gasteiger partial charge in [0, 0.05) is 12.1 Å². The number of carbonyl (C=O) groups is 1. The Labute approximate surface area is 162 Å². The average molecular weight is 412 g/mol.